The molecule has 0 radical (unpaired) electrons. The van der Waals surface area contributed by atoms with Crippen molar-refractivity contribution in [3.63, 3.8) is 0 Å². The van der Waals surface area contributed by atoms with Crippen LogP contribution in [0.15, 0.2) is 18.3 Å². The number of amides is 1. The average molecular weight is 277 g/mol. The Balaban J connectivity index is 1.88. The Labute approximate surface area is 117 Å². The highest BCUT2D eigenvalue weighted by Crippen LogP contribution is 2.15. The number of carboxylic acid groups (broad SMARTS) is 1. The molecule has 2 N–H and O–H groups in total. The van der Waals surface area contributed by atoms with Crippen molar-refractivity contribution in [2.75, 3.05) is 26.7 Å². The summed E-state index contributed by atoms with van der Waals surface area (Å²) in [5.74, 6) is -0.875. The van der Waals surface area contributed by atoms with Crippen LogP contribution in [0.5, 0.6) is 0 Å². The third-order valence-corrected chi connectivity index (χ3v) is 3.63. The van der Waals surface area contributed by atoms with Crippen molar-refractivity contribution in [3.05, 3.63) is 29.6 Å². The summed E-state index contributed by atoms with van der Waals surface area (Å²) in [7, 11) is 2.10. The van der Waals surface area contributed by atoms with Gasteiger partial charge in [-0.3, -0.25) is 4.79 Å². The van der Waals surface area contributed by atoms with Crippen molar-refractivity contribution in [1.82, 2.24) is 15.2 Å². The van der Waals surface area contributed by atoms with Crippen molar-refractivity contribution >= 4 is 11.9 Å². The third-order valence-electron chi connectivity index (χ3n) is 3.63. The summed E-state index contributed by atoms with van der Waals surface area (Å²) < 4.78 is 0. The molecule has 108 valence electrons. The number of carbonyl (C=O) groups is 2. The van der Waals surface area contributed by atoms with Gasteiger partial charge in [0.25, 0.3) is 5.91 Å². The van der Waals surface area contributed by atoms with Gasteiger partial charge in [0.2, 0.25) is 0 Å². The number of piperidine rings is 1. The van der Waals surface area contributed by atoms with E-state index in [0.717, 1.165) is 25.9 Å². The highest BCUT2D eigenvalue weighted by Gasteiger charge is 2.18. The second-order valence-corrected chi connectivity index (χ2v) is 5.19. The van der Waals surface area contributed by atoms with Crippen molar-refractivity contribution in [3.8, 4) is 0 Å². The first kappa shape index (κ1) is 14.5. The molecule has 2 heterocycles. The van der Waals surface area contributed by atoms with Gasteiger partial charge in [-0.05, 0) is 51.0 Å². The van der Waals surface area contributed by atoms with Gasteiger partial charge in [0, 0.05) is 18.3 Å². The van der Waals surface area contributed by atoms with Gasteiger partial charge < -0.3 is 15.3 Å². The van der Waals surface area contributed by atoms with Crippen LogP contribution >= 0.6 is 0 Å². The molecule has 1 saturated heterocycles. The molecule has 1 aromatic rings. The molecule has 0 saturated carbocycles. The van der Waals surface area contributed by atoms with Gasteiger partial charge in [0.05, 0.1) is 0 Å². The standard InChI is InChI=1S/C14H19N3O3/c1-17-6-3-10(4-7-17)9-16-13(18)11-2-5-15-12(8-11)14(19)20/h2,5,8,10H,3-4,6-7,9H2,1H3,(H,16,18)(H,19,20). The number of likely N-dealkylation sites (tertiary alicyclic amines) is 1. The first-order valence-corrected chi connectivity index (χ1v) is 6.72. The van der Waals surface area contributed by atoms with Gasteiger partial charge in [-0.25, -0.2) is 9.78 Å². The molecule has 2 rings (SSSR count). The predicted octanol–water partition coefficient (Wildman–Crippen LogP) is 0.851. The fourth-order valence-corrected chi connectivity index (χ4v) is 2.29. The summed E-state index contributed by atoms with van der Waals surface area (Å²) in [6.45, 7) is 2.75. The fourth-order valence-electron chi connectivity index (χ4n) is 2.29. The maximum Gasteiger partial charge on any atom is 0.354 e. The number of carboxylic acids is 1. The number of nitrogens with zero attached hydrogens (tertiary/aromatic N) is 2. The molecule has 0 spiro atoms. The number of hydrogen-bond acceptors (Lipinski definition) is 4. The summed E-state index contributed by atoms with van der Waals surface area (Å²) in [6.07, 6.45) is 3.49. The first-order chi connectivity index (χ1) is 9.56. The Hall–Kier alpha value is -1.95. The molecule has 1 amide bonds. The van der Waals surface area contributed by atoms with Crippen LogP contribution in [0.2, 0.25) is 0 Å². The first-order valence-electron chi connectivity index (χ1n) is 6.72. The van der Waals surface area contributed by atoms with E-state index in [2.05, 4.69) is 22.2 Å². The van der Waals surface area contributed by atoms with Gasteiger partial charge in [0.1, 0.15) is 5.69 Å². The minimum atomic E-state index is -1.13. The van der Waals surface area contributed by atoms with Gasteiger partial charge in [-0.2, -0.15) is 0 Å². The topological polar surface area (TPSA) is 82.5 Å². The van der Waals surface area contributed by atoms with Crippen molar-refractivity contribution < 1.29 is 14.7 Å². The zero-order valence-corrected chi connectivity index (χ0v) is 11.5. The third kappa shape index (κ3) is 3.77. The SMILES string of the molecule is CN1CCC(CNC(=O)c2ccnc(C(=O)O)c2)CC1. The largest absolute Gasteiger partial charge is 0.477 e. The maximum absolute atomic E-state index is 12.0. The summed E-state index contributed by atoms with van der Waals surface area (Å²) in [5.41, 5.74) is 0.224. The number of pyridine rings is 1. The molecule has 0 atom stereocenters. The van der Waals surface area contributed by atoms with Crippen LogP contribution in [0.3, 0.4) is 0 Å². The Morgan fingerprint density at radius 3 is 2.80 bits per heavy atom. The van der Waals surface area contributed by atoms with E-state index in [1.165, 1.54) is 18.3 Å². The van der Waals surface area contributed by atoms with E-state index in [1.807, 2.05) is 0 Å². The molecule has 1 aliphatic heterocycles. The minimum Gasteiger partial charge on any atom is -0.477 e. The molecule has 1 fully saturated rings. The molecule has 0 unspecified atom stereocenters. The lowest BCUT2D eigenvalue weighted by molar-refractivity contribution is 0.0690. The monoisotopic (exact) mass is 277 g/mol. The number of aromatic carboxylic acids is 1. The molecule has 0 bridgehead atoms. The number of carbonyl (C=O) groups excluding carboxylic acids is 1. The van der Waals surface area contributed by atoms with E-state index in [9.17, 15) is 9.59 Å². The Morgan fingerprint density at radius 2 is 2.15 bits per heavy atom. The maximum atomic E-state index is 12.0. The summed E-state index contributed by atoms with van der Waals surface area (Å²) >= 11 is 0. The minimum absolute atomic E-state index is 0.114. The van der Waals surface area contributed by atoms with Crippen LogP contribution in [-0.2, 0) is 0 Å². The molecule has 1 aliphatic rings. The highest BCUT2D eigenvalue weighted by molar-refractivity contribution is 5.96. The normalized spacial score (nSPS) is 16.9. The Bertz CT molecular complexity index is 496. The van der Waals surface area contributed by atoms with E-state index in [-0.39, 0.29) is 11.6 Å². The van der Waals surface area contributed by atoms with Gasteiger partial charge >= 0.3 is 5.97 Å². The van der Waals surface area contributed by atoms with E-state index in [4.69, 9.17) is 5.11 Å². The fraction of sp³-hybridized carbons (Fsp3) is 0.500. The second-order valence-electron chi connectivity index (χ2n) is 5.19. The lowest BCUT2D eigenvalue weighted by atomic mass is 9.97. The van der Waals surface area contributed by atoms with Crippen LogP contribution in [0.1, 0.15) is 33.7 Å². The smallest absolute Gasteiger partial charge is 0.354 e. The van der Waals surface area contributed by atoms with Crippen LogP contribution in [0.25, 0.3) is 0 Å². The van der Waals surface area contributed by atoms with Crippen molar-refractivity contribution in [2.24, 2.45) is 5.92 Å². The van der Waals surface area contributed by atoms with Gasteiger partial charge in [0.15, 0.2) is 0 Å². The number of hydrogen-bond donors (Lipinski definition) is 2. The molecular formula is C14H19N3O3. The quantitative estimate of drug-likeness (QED) is 0.852. The lowest BCUT2D eigenvalue weighted by Crippen LogP contribution is -2.36. The molecule has 0 aromatic carbocycles. The molecule has 20 heavy (non-hydrogen) atoms. The summed E-state index contributed by atoms with van der Waals surface area (Å²) in [6, 6.07) is 2.82. The molecule has 1 aromatic heterocycles. The van der Waals surface area contributed by atoms with Crippen LogP contribution in [0.4, 0.5) is 0 Å². The Kier molecular flexibility index (Phi) is 4.68. The number of aromatic nitrogens is 1. The van der Waals surface area contributed by atoms with Crippen molar-refractivity contribution in [2.45, 2.75) is 12.8 Å². The second kappa shape index (κ2) is 6.47. The van der Waals surface area contributed by atoms with Crippen molar-refractivity contribution in [1.29, 1.82) is 0 Å². The molecule has 6 heteroatoms. The number of nitrogens with one attached hydrogen (secondary N) is 1. The van der Waals surface area contributed by atoms with Crippen LogP contribution in [0, 0.1) is 5.92 Å². The summed E-state index contributed by atoms with van der Waals surface area (Å²) in [4.78, 5) is 28.8. The van der Waals surface area contributed by atoms with Crippen LogP contribution < -0.4 is 5.32 Å². The van der Waals surface area contributed by atoms with E-state index >= 15 is 0 Å². The molecule has 6 nitrogen and oxygen atoms in total. The molecular weight excluding hydrogens is 258 g/mol. The zero-order chi connectivity index (χ0) is 14.5. The predicted molar refractivity (Wildman–Crippen MR) is 73.8 cm³/mol. The average Bonchev–Trinajstić information content (AvgIpc) is 2.46. The van der Waals surface area contributed by atoms with E-state index < -0.39 is 5.97 Å². The van der Waals surface area contributed by atoms with Crippen LogP contribution in [-0.4, -0.2) is 53.5 Å². The highest BCUT2D eigenvalue weighted by atomic mass is 16.4. The lowest BCUT2D eigenvalue weighted by Gasteiger charge is -2.28. The van der Waals surface area contributed by atoms with Gasteiger partial charge in [-0.15, -0.1) is 0 Å². The van der Waals surface area contributed by atoms with Gasteiger partial charge in [-0.1, -0.05) is 0 Å². The summed E-state index contributed by atoms with van der Waals surface area (Å²) in [5, 5.41) is 11.7. The zero-order valence-electron chi connectivity index (χ0n) is 11.5. The van der Waals surface area contributed by atoms with E-state index in [0.29, 0.717) is 18.0 Å². The Morgan fingerprint density at radius 1 is 1.45 bits per heavy atom. The molecule has 0 aliphatic carbocycles. The number of rotatable bonds is 4. The van der Waals surface area contributed by atoms with E-state index in [1.54, 1.807) is 0 Å².